The molecule has 0 bridgehead atoms. The summed E-state index contributed by atoms with van der Waals surface area (Å²) in [6.07, 6.45) is 1.83. The predicted octanol–water partition coefficient (Wildman–Crippen LogP) is 1.37. The zero-order chi connectivity index (χ0) is 13.7. The Morgan fingerprint density at radius 2 is 2.11 bits per heavy atom. The van der Waals surface area contributed by atoms with Gasteiger partial charge in [-0.3, -0.25) is 4.79 Å². The molecule has 2 rings (SSSR count). The molecule has 1 aromatic heterocycles. The third kappa shape index (κ3) is 3.42. The number of aromatic nitrogens is 2. The van der Waals surface area contributed by atoms with Crippen molar-refractivity contribution in [3.8, 4) is 5.69 Å². The lowest BCUT2D eigenvalue weighted by molar-refractivity contribution is 0.0908. The van der Waals surface area contributed by atoms with Crippen LogP contribution >= 0.6 is 0 Å². The van der Waals surface area contributed by atoms with E-state index in [2.05, 4.69) is 10.4 Å². The van der Waals surface area contributed by atoms with Crippen molar-refractivity contribution in [1.82, 2.24) is 15.1 Å². The van der Waals surface area contributed by atoms with Gasteiger partial charge in [-0.2, -0.15) is 5.10 Å². The van der Waals surface area contributed by atoms with Crippen molar-refractivity contribution in [1.29, 1.82) is 0 Å². The van der Waals surface area contributed by atoms with Gasteiger partial charge in [-0.15, -0.1) is 0 Å². The number of amides is 1. The summed E-state index contributed by atoms with van der Waals surface area (Å²) >= 11 is 0. The number of carbonyl (C=O) groups is 1. The first-order valence-electron chi connectivity index (χ1n) is 6.28. The molecule has 0 spiro atoms. The second-order valence-corrected chi connectivity index (χ2v) is 4.25. The molecule has 100 valence electrons. The molecule has 1 amide bonds. The van der Waals surface area contributed by atoms with Crippen molar-refractivity contribution >= 4 is 5.91 Å². The molecule has 0 saturated heterocycles. The summed E-state index contributed by atoms with van der Waals surface area (Å²) in [6.45, 7) is 2.11. The van der Waals surface area contributed by atoms with Gasteiger partial charge in [0.25, 0.3) is 5.91 Å². The molecule has 2 N–H and O–H groups in total. The highest BCUT2D eigenvalue weighted by atomic mass is 16.3. The standard InChI is InChI=1S/C14H17N3O2/c1-2-12(18)10-15-14(19)13-8-9-17(16-13)11-6-4-3-5-7-11/h3-9,12,18H,2,10H2,1H3,(H,15,19). The number of hydrogen-bond acceptors (Lipinski definition) is 3. The minimum absolute atomic E-state index is 0.244. The van der Waals surface area contributed by atoms with Crippen LogP contribution in [-0.4, -0.2) is 33.4 Å². The van der Waals surface area contributed by atoms with Gasteiger partial charge < -0.3 is 10.4 Å². The van der Waals surface area contributed by atoms with Gasteiger partial charge in [0, 0.05) is 12.7 Å². The summed E-state index contributed by atoms with van der Waals surface area (Å²) in [5.74, 6) is -0.276. The van der Waals surface area contributed by atoms with E-state index < -0.39 is 6.10 Å². The number of nitrogens with zero attached hydrogens (tertiary/aromatic N) is 2. The summed E-state index contributed by atoms with van der Waals surface area (Å²) in [4.78, 5) is 11.8. The maximum atomic E-state index is 11.8. The number of benzene rings is 1. The fourth-order valence-corrected chi connectivity index (χ4v) is 1.61. The normalized spacial score (nSPS) is 12.1. The topological polar surface area (TPSA) is 67.2 Å². The maximum Gasteiger partial charge on any atom is 0.271 e. The van der Waals surface area contributed by atoms with Crippen LogP contribution in [0, 0.1) is 0 Å². The van der Waals surface area contributed by atoms with Gasteiger partial charge in [-0.1, -0.05) is 25.1 Å². The molecule has 0 radical (unpaired) electrons. The van der Waals surface area contributed by atoms with Crippen molar-refractivity contribution in [2.45, 2.75) is 19.4 Å². The van der Waals surface area contributed by atoms with Crippen molar-refractivity contribution in [3.63, 3.8) is 0 Å². The fraction of sp³-hybridized carbons (Fsp3) is 0.286. The number of rotatable bonds is 5. The number of nitrogens with one attached hydrogen (secondary N) is 1. The summed E-state index contributed by atoms with van der Waals surface area (Å²) in [6, 6.07) is 11.2. The van der Waals surface area contributed by atoms with E-state index in [1.807, 2.05) is 37.3 Å². The lowest BCUT2D eigenvalue weighted by Gasteiger charge is -2.07. The quantitative estimate of drug-likeness (QED) is 0.852. The number of aliphatic hydroxyl groups is 1. The number of para-hydroxylation sites is 1. The average Bonchev–Trinajstić information content (AvgIpc) is 2.95. The molecule has 19 heavy (non-hydrogen) atoms. The van der Waals surface area contributed by atoms with Crippen LogP contribution in [0.3, 0.4) is 0 Å². The molecule has 0 aliphatic rings. The smallest absolute Gasteiger partial charge is 0.271 e. The first-order valence-corrected chi connectivity index (χ1v) is 6.28. The minimum Gasteiger partial charge on any atom is -0.391 e. The lowest BCUT2D eigenvalue weighted by Crippen LogP contribution is -2.32. The Labute approximate surface area is 111 Å². The van der Waals surface area contributed by atoms with Gasteiger partial charge in [0.1, 0.15) is 0 Å². The Morgan fingerprint density at radius 1 is 1.37 bits per heavy atom. The zero-order valence-electron chi connectivity index (χ0n) is 10.8. The molecule has 1 unspecified atom stereocenters. The largest absolute Gasteiger partial charge is 0.391 e. The van der Waals surface area contributed by atoms with Gasteiger partial charge in [-0.25, -0.2) is 4.68 Å². The molecule has 5 nitrogen and oxygen atoms in total. The van der Waals surface area contributed by atoms with Crippen LogP contribution in [0.5, 0.6) is 0 Å². The highest BCUT2D eigenvalue weighted by molar-refractivity contribution is 5.92. The molecule has 1 atom stereocenters. The van der Waals surface area contributed by atoms with E-state index in [1.54, 1.807) is 16.9 Å². The molecule has 0 aliphatic heterocycles. The van der Waals surface area contributed by atoms with Crippen molar-refractivity contribution < 1.29 is 9.90 Å². The molecule has 2 aromatic rings. The number of aliphatic hydroxyl groups excluding tert-OH is 1. The van der Waals surface area contributed by atoms with Gasteiger partial charge >= 0.3 is 0 Å². The summed E-state index contributed by atoms with van der Waals surface area (Å²) in [7, 11) is 0. The van der Waals surface area contributed by atoms with Crippen LogP contribution in [0.25, 0.3) is 5.69 Å². The SMILES string of the molecule is CCC(O)CNC(=O)c1ccn(-c2ccccc2)n1. The minimum atomic E-state index is -0.514. The second-order valence-electron chi connectivity index (χ2n) is 4.25. The Morgan fingerprint density at radius 3 is 2.79 bits per heavy atom. The van der Waals surface area contributed by atoms with Crippen molar-refractivity contribution in [2.75, 3.05) is 6.54 Å². The molecule has 0 fully saturated rings. The van der Waals surface area contributed by atoms with Crippen LogP contribution in [0.2, 0.25) is 0 Å². The number of carbonyl (C=O) groups excluding carboxylic acids is 1. The van der Waals surface area contributed by atoms with E-state index in [0.29, 0.717) is 12.1 Å². The molecule has 0 aliphatic carbocycles. The predicted molar refractivity (Wildman–Crippen MR) is 72.2 cm³/mol. The van der Waals surface area contributed by atoms with Crippen LogP contribution in [0.4, 0.5) is 0 Å². The molecular weight excluding hydrogens is 242 g/mol. The zero-order valence-corrected chi connectivity index (χ0v) is 10.8. The molecule has 5 heteroatoms. The van der Waals surface area contributed by atoms with E-state index in [4.69, 9.17) is 0 Å². The first kappa shape index (κ1) is 13.3. The Hall–Kier alpha value is -2.14. The highest BCUT2D eigenvalue weighted by Crippen LogP contribution is 2.06. The van der Waals surface area contributed by atoms with Gasteiger partial charge in [0.05, 0.1) is 11.8 Å². The Balaban J connectivity index is 2.03. The summed E-state index contributed by atoms with van der Waals surface area (Å²) < 4.78 is 1.64. The fourth-order valence-electron chi connectivity index (χ4n) is 1.61. The van der Waals surface area contributed by atoms with E-state index in [-0.39, 0.29) is 12.5 Å². The second kappa shape index (κ2) is 6.15. The van der Waals surface area contributed by atoms with Gasteiger partial charge in [-0.05, 0) is 24.6 Å². The van der Waals surface area contributed by atoms with Crippen LogP contribution in [0.1, 0.15) is 23.8 Å². The monoisotopic (exact) mass is 259 g/mol. The van der Waals surface area contributed by atoms with Gasteiger partial charge in [0.15, 0.2) is 5.69 Å². The van der Waals surface area contributed by atoms with Crippen LogP contribution < -0.4 is 5.32 Å². The number of hydrogen-bond donors (Lipinski definition) is 2. The van der Waals surface area contributed by atoms with Crippen molar-refractivity contribution in [3.05, 3.63) is 48.3 Å². The third-order valence-corrected chi connectivity index (χ3v) is 2.81. The highest BCUT2D eigenvalue weighted by Gasteiger charge is 2.11. The Bertz CT molecular complexity index is 537. The molecule has 0 saturated carbocycles. The van der Waals surface area contributed by atoms with E-state index in [1.165, 1.54) is 0 Å². The van der Waals surface area contributed by atoms with E-state index >= 15 is 0 Å². The third-order valence-electron chi connectivity index (χ3n) is 2.81. The Kier molecular flexibility index (Phi) is 4.30. The first-order chi connectivity index (χ1) is 9.20. The van der Waals surface area contributed by atoms with Crippen LogP contribution in [-0.2, 0) is 0 Å². The molecular formula is C14H17N3O2. The van der Waals surface area contributed by atoms with Gasteiger partial charge in [0.2, 0.25) is 0 Å². The van der Waals surface area contributed by atoms with Crippen LogP contribution in [0.15, 0.2) is 42.6 Å². The van der Waals surface area contributed by atoms with E-state index in [0.717, 1.165) is 5.69 Å². The molecule has 1 heterocycles. The van der Waals surface area contributed by atoms with E-state index in [9.17, 15) is 9.90 Å². The maximum absolute atomic E-state index is 11.8. The lowest BCUT2D eigenvalue weighted by atomic mass is 10.3. The average molecular weight is 259 g/mol. The molecule has 1 aromatic carbocycles. The summed E-state index contributed by atoms with van der Waals surface area (Å²) in [5.41, 5.74) is 1.24. The van der Waals surface area contributed by atoms with Crippen molar-refractivity contribution in [2.24, 2.45) is 0 Å². The summed E-state index contributed by atoms with van der Waals surface area (Å²) in [5, 5.41) is 16.3.